The minimum atomic E-state index is -2.21. The number of nitrogens with two attached hydrogens (primary N) is 2. The Hall–Kier alpha value is -0.100. The Morgan fingerprint density at radius 2 is 1.93 bits per heavy atom. The molecule has 0 bridgehead atoms. The van der Waals surface area contributed by atoms with Crippen LogP contribution in [0.4, 0.5) is 0 Å². The van der Waals surface area contributed by atoms with Crippen LogP contribution in [0.15, 0.2) is 0 Å². The second-order valence-electron chi connectivity index (χ2n) is 2.90. The summed E-state index contributed by atoms with van der Waals surface area (Å²) in [4.78, 5) is 0. The second-order valence-corrected chi connectivity index (χ2v) is 3.82. The molecule has 0 amide bonds. The maximum Gasteiger partial charge on any atom is 0.699 e. The summed E-state index contributed by atoms with van der Waals surface area (Å²) in [6.07, 6.45) is 0.0733. The van der Waals surface area contributed by atoms with E-state index in [1.54, 1.807) is 6.92 Å². The van der Waals surface area contributed by atoms with Crippen molar-refractivity contribution in [3.63, 3.8) is 0 Å². The van der Waals surface area contributed by atoms with Crippen LogP contribution in [-0.4, -0.2) is 25.7 Å². The van der Waals surface area contributed by atoms with E-state index < -0.39 is 20.7 Å². The van der Waals surface area contributed by atoms with Crippen LogP contribution in [0.1, 0.15) is 26.7 Å². The highest BCUT2D eigenvalue weighted by atomic mass is 31.1. The Kier molecular flexibility index (Phi) is 9.09. The molecule has 4 N–H and O–H groups in total. The minimum absolute atomic E-state index is 0.391. The fourth-order valence-electron chi connectivity index (χ4n) is 0.761. The smallest absolute Gasteiger partial charge is 0.359 e. The summed E-state index contributed by atoms with van der Waals surface area (Å²) in [5.41, 5.74) is 10.9. The predicted octanol–water partition coefficient (Wildman–Crippen LogP) is 1.08. The maximum atomic E-state index is 11.1. The number of ether oxygens (including phenoxy) is 1. The summed E-state index contributed by atoms with van der Waals surface area (Å²) < 4.78 is 25.8. The first-order chi connectivity index (χ1) is 7.11. The van der Waals surface area contributed by atoms with E-state index >= 15 is 0 Å². The van der Waals surface area contributed by atoms with Gasteiger partial charge in [-0.05, 0) is 13.3 Å². The average Bonchev–Trinajstić information content (AvgIpc) is 2.18. The van der Waals surface area contributed by atoms with Gasteiger partial charge in [-0.2, -0.15) is 0 Å². The van der Waals surface area contributed by atoms with Crippen molar-refractivity contribution in [2.45, 2.75) is 39.1 Å². The lowest BCUT2D eigenvalue weighted by atomic mass is 10.4. The molecule has 0 aromatic carbocycles. The van der Waals surface area contributed by atoms with E-state index in [1.807, 2.05) is 6.92 Å². The van der Waals surface area contributed by atoms with Gasteiger partial charge < -0.3 is 10.5 Å². The Labute approximate surface area is 91.2 Å². The van der Waals surface area contributed by atoms with Gasteiger partial charge in [0.15, 0.2) is 6.23 Å². The van der Waals surface area contributed by atoms with Crippen molar-refractivity contribution in [3.8, 4) is 0 Å². The lowest BCUT2D eigenvalue weighted by Gasteiger charge is -2.13. The van der Waals surface area contributed by atoms with E-state index in [4.69, 9.17) is 25.3 Å². The molecule has 0 aliphatic carbocycles. The molecule has 15 heavy (non-hydrogen) atoms. The second kappa shape index (κ2) is 9.15. The Balaban J connectivity index is 3.65. The Morgan fingerprint density at radius 3 is 2.47 bits per heavy atom. The molecule has 0 aliphatic heterocycles. The summed E-state index contributed by atoms with van der Waals surface area (Å²) in [7, 11) is -2.21. The van der Waals surface area contributed by atoms with Gasteiger partial charge in [0.25, 0.3) is 0 Å². The summed E-state index contributed by atoms with van der Waals surface area (Å²) >= 11 is 0. The van der Waals surface area contributed by atoms with Crippen molar-refractivity contribution in [1.82, 2.24) is 0 Å². The molecule has 0 saturated heterocycles. The van der Waals surface area contributed by atoms with Crippen molar-refractivity contribution in [2.24, 2.45) is 11.5 Å². The first-order valence-corrected chi connectivity index (χ1v) is 6.11. The molecule has 7 heteroatoms. The highest BCUT2D eigenvalue weighted by Crippen LogP contribution is 2.25. The first kappa shape index (κ1) is 14.9. The topological polar surface area (TPSA) is 96.8 Å². The normalized spacial score (nSPS) is 16.1. The highest BCUT2D eigenvalue weighted by molar-refractivity contribution is 7.33. The molecular formula is C8H20N2O4P+. The van der Waals surface area contributed by atoms with Crippen LogP contribution in [0.2, 0.25) is 0 Å². The van der Waals surface area contributed by atoms with Crippen LogP contribution in [0.3, 0.4) is 0 Å². The third kappa shape index (κ3) is 7.79. The molecule has 0 saturated carbocycles. The maximum absolute atomic E-state index is 11.1. The summed E-state index contributed by atoms with van der Waals surface area (Å²) in [5, 5.41) is 0. The highest BCUT2D eigenvalue weighted by Gasteiger charge is 2.29. The zero-order chi connectivity index (χ0) is 11.7. The van der Waals surface area contributed by atoms with Gasteiger partial charge in [-0.25, -0.2) is 0 Å². The third-order valence-electron chi connectivity index (χ3n) is 1.59. The zero-order valence-corrected chi connectivity index (χ0v) is 10.1. The molecule has 0 rings (SSSR count). The van der Waals surface area contributed by atoms with Gasteiger partial charge in [-0.3, -0.25) is 5.73 Å². The van der Waals surface area contributed by atoms with Crippen LogP contribution in [0, 0.1) is 0 Å². The van der Waals surface area contributed by atoms with Crippen LogP contribution in [0.25, 0.3) is 0 Å². The van der Waals surface area contributed by atoms with Crippen molar-refractivity contribution in [3.05, 3.63) is 0 Å². The van der Waals surface area contributed by atoms with Crippen LogP contribution in [-0.2, 0) is 18.3 Å². The summed E-state index contributed by atoms with van der Waals surface area (Å²) in [6, 6.07) is 0. The molecule has 0 spiro atoms. The van der Waals surface area contributed by atoms with Crippen LogP contribution < -0.4 is 11.5 Å². The molecule has 3 atom stereocenters. The molecule has 0 fully saturated rings. The van der Waals surface area contributed by atoms with Gasteiger partial charge in [0.05, 0.1) is 0 Å². The lowest BCUT2D eigenvalue weighted by molar-refractivity contribution is -0.0167. The van der Waals surface area contributed by atoms with E-state index in [0.29, 0.717) is 13.2 Å². The SMILES string of the molecule is CCCCO[P+](=O)OC(N)C(N)OCC. The van der Waals surface area contributed by atoms with Crippen molar-refractivity contribution in [1.29, 1.82) is 0 Å². The lowest BCUT2D eigenvalue weighted by Crippen LogP contribution is -2.44. The molecule has 6 nitrogen and oxygen atoms in total. The molecule has 0 heterocycles. The van der Waals surface area contributed by atoms with Gasteiger partial charge in [0.2, 0.25) is 6.23 Å². The number of unbranched alkanes of at least 4 members (excludes halogenated alkanes) is 1. The molecule has 0 aromatic rings. The van der Waals surface area contributed by atoms with Gasteiger partial charge in [-0.15, -0.1) is 4.52 Å². The van der Waals surface area contributed by atoms with Crippen molar-refractivity contribution >= 4 is 8.25 Å². The Bertz CT molecular complexity index is 182. The molecular weight excluding hydrogens is 219 g/mol. The van der Waals surface area contributed by atoms with E-state index in [1.165, 1.54) is 0 Å². The molecule has 0 aromatic heterocycles. The van der Waals surface area contributed by atoms with Crippen LogP contribution >= 0.6 is 8.25 Å². The van der Waals surface area contributed by atoms with Gasteiger partial charge in [0.1, 0.15) is 6.61 Å². The molecule has 90 valence electrons. The van der Waals surface area contributed by atoms with Crippen molar-refractivity contribution in [2.75, 3.05) is 13.2 Å². The predicted molar refractivity (Wildman–Crippen MR) is 57.1 cm³/mol. The molecule has 0 radical (unpaired) electrons. The monoisotopic (exact) mass is 239 g/mol. The minimum Gasteiger partial charge on any atom is -0.359 e. The largest absolute Gasteiger partial charge is 0.699 e. The zero-order valence-electron chi connectivity index (χ0n) is 9.22. The van der Waals surface area contributed by atoms with Gasteiger partial charge >= 0.3 is 8.25 Å². The fourth-order valence-corrected chi connectivity index (χ4v) is 1.42. The van der Waals surface area contributed by atoms with E-state index in [0.717, 1.165) is 12.8 Å². The number of rotatable bonds is 9. The standard InChI is InChI=1S/C8H20N2O4P/c1-3-5-6-13-15(11)14-8(10)7(9)12-4-2/h7-8H,3-6,9-10H2,1-2H3/q+1. The molecule has 3 unspecified atom stereocenters. The third-order valence-corrected chi connectivity index (χ3v) is 2.39. The van der Waals surface area contributed by atoms with E-state index in [-0.39, 0.29) is 0 Å². The molecule has 0 aliphatic rings. The van der Waals surface area contributed by atoms with E-state index in [2.05, 4.69) is 0 Å². The average molecular weight is 239 g/mol. The summed E-state index contributed by atoms with van der Waals surface area (Å²) in [6.45, 7) is 4.60. The Morgan fingerprint density at radius 1 is 1.27 bits per heavy atom. The van der Waals surface area contributed by atoms with E-state index in [9.17, 15) is 4.57 Å². The quantitative estimate of drug-likeness (QED) is 0.355. The first-order valence-electron chi connectivity index (χ1n) is 5.01. The van der Waals surface area contributed by atoms with Crippen molar-refractivity contribution < 1.29 is 18.3 Å². The van der Waals surface area contributed by atoms with Gasteiger partial charge in [0, 0.05) is 11.2 Å². The number of hydrogen-bond donors (Lipinski definition) is 2. The van der Waals surface area contributed by atoms with Crippen LogP contribution in [0.5, 0.6) is 0 Å². The fraction of sp³-hybridized carbons (Fsp3) is 1.00. The number of hydrogen-bond acceptors (Lipinski definition) is 6. The summed E-state index contributed by atoms with van der Waals surface area (Å²) in [5.74, 6) is 0. The van der Waals surface area contributed by atoms with Gasteiger partial charge in [-0.1, -0.05) is 17.9 Å².